The Morgan fingerprint density at radius 1 is 0.958 bits per heavy atom. The molecule has 0 aliphatic heterocycles. The van der Waals surface area contributed by atoms with Crippen molar-refractivity contribution < 1.29 is 19.2 Å². The Balaban J connectivity index is 2.04. The van der Waals surface area contributed by atoms with Gasteiger partial charge in [-0.15, -0.1) is 0 Å². The molecule has 0 atom stereocenters. The van der Waals surface area contributed by atoms with Crippen LogP contribution in [0.15, 0.2) is 36.4 Å². The molecule has 0 heterocycles. The number of fused-ring (bicyclic) bond motifs is 2. The van der Waals surface area contributed by atoms with Crippen LogP contribution in [-0.4, -0.2) is 23.3 Å². The first-order chi connectivity index (χ1) is 11.4. The summed E-state index contributed by atoms with van der Waals surface area (Å²) < 4.78 is 0. The van der Waals surface area contributed by atoms with Crippen LogP contribution in [0.5, 0.6) is 0 Å². The summed E-state index contributed by atoms with van der Waals surface area (Å²) in [6.45, 7) is 1.30. The highest BCUT2D eigenvalue weighted by Crippen LogP contribution is 2.33. The number of benzene rings is 2. The second kappa shape index (κ2) is 6.02. The highest BCUT2D eigenvalue weighted by molar-refractivity contribution is 6.36. The Labute approximate surface area is 142 Å². The van der Waals surface area contributed by atoms with Crippen LogP contribution in [0.2, 0.25) is 5.02 Å². The van der Waals surface area contributed by atoms with E-state index < -0.39 is 5.91 Å². The summed E-state index contributed by atoms with van der Waals surface area (Å²) in [6.07, 6.45) is -0.289. The Morgan fingerprint density at radius 2 is 1.50 bits per heavy atom. The van der Waals surface area contributed by atoms with Gasteiger partial charge in [0.1, 0.15) is 5.78 Å². The van der Waals surface area contributed by atoms with Crippen LogP contribution >= 0.6 is 11.6 Å². The Kier molecular flexibility index (Phi) is 4.03. The number of hydrogen-bond donors (Lipinski definition) is 1. The first kappa shape index (κ1) is 16.1. The van der Waals surface area contributed by atoms with E-state index in [9.17, 15) is 19.2 Å². The molecular weight excluding hydrogens is 330 g/mol. The normalized spacial score (nSPS) is 12.4. The molecule has 1 amide bonds. The van der Waals surface area contributed by atoms with Crippen molar-refractivity contribution in [1.82, 2.24) is 0 Å². The van der Waals surface area contributed by atoms with Gasteiger partial charge in [-0.3, -0.25) is 19.2 Å². The lowest BCUT2D eigenvalue weighted by Crippen LogP contribution is -2.22. The number of halogens is 1. The van der Waals surface area contributed by atoms with Crippen molar-refractivity contribution in [2.24, 2.45) is 0 Å². The van der Waals surface area contributed by atoms with Crippen LogP contribution in [0.4, 0.5) is 5.69 Å². The third-order valence-electron chi connectivity index (χ3n) is 3.70. The lowest BCUT2D eigenvalue weighted by atomic mass is 9.84. The minimum absolute atomic E-state index is 0.131. The molecule has 1 aliphatic rings. The molecule has 0 radical (unpaired) electrons. The van der Waals surface area contributed by atoms with Gasteiger partial charge in [0.2, 0.25) is 5.91 Å². The van der Waals surface area contributed by atoms with Crippen molar-refractivity contribution in [3.8, 4) is 0 Å². The van der Waals surface area contributed by atoms with Gasteiger partial charge in [-0.2, -0.15) is 0 Å². The first-order valence-corrected chi connectivity index (χ1v) is 7.57. The van der Waals surface area contributed by atoms with Gasteiger partial charge in [-0.25, -0.2) is 0 Å². The van der Waals surface area contributed by atoms with Crippen molar-refractivity contribution in [3.05, 3.63) is 63.7 Å². The molecule has 0 aromatic heterocycles. The molecule has 0 saturated heterocycles. The van der Waals surface area contributed by atoms with E-state index in [0.717, 1.165) is 0 Å². The van der Waals surface area contributed by atoms with Crippen LogP contribution in [-0.2, 0) is 9.59 Å². The van der Waals surface area contributed by atoms with Gasteiger partial charge in [0.05, 0.1) is 17.1 Å². The zero-order chi connectivity index (χ0) is 17.4. The monoisotopic (exact) mass is 341 g/mol. The predicted octanol–water partition coefficient (Wildman–Crippen LogP) is 3.03. The molecule has 0 saturated carbocycles. The molecule has 6 heteroatoms. The van der Waals surface area contributed by atoms with Gasteiger partial charge in [0.25, 0.3) is 0 Å². The third kappa shape index (κ3) is 2.74. The van der Waals surface area contributed by atoms with Crippen molar-refractivity contribution in [3.63, 3.8) is 0 Å². The van der Waals surface area contributed by atoms with Gasteiger partial charge in [-0.1, -0.05) is 35.9 Å². The number of hydrogen-bond acceptors (Lipinski definition) is 4. The van der Waals surface area contributed by atoms with Crippen LogP contribution in [0.3, 0.4) is 0 Å². The number of nitrogens with one attached hydrogen (secondary N) is 1. The zero-order valence-electron chi connectivity index (χ0n) is 12.7. The summed E-state index contributed by atoms with van der Waals surface area (Å²) in [7, 11) is 0. The molecule has 2 aromatic rings. The first-order valence-electron chi connectivity index (χ1n) is 7.19. The maximum absolute atomic E-state index is 12.6. The molecule has 0 unspecified atom stereocenters. The Hall–Kier alpha value is -2.79. The zero-order valence-corrected chi connectivity index (χ0v) is 13.4. The van der Waals surface area contributed by atoms with Gasteiger partial charge < -0.3 is 5.32 Å². The standard InChI is InChI=1S/C18H12ClNO4/c1-9(21)6-16(22)20-15-8-13-12(7-14(15)19)17(23)10-4-2-3-5-11(10)18(13)24/h2-5,7-8H,6H2,1H3,(H,20,22). The Morgan fingerprint density at radius 3 is 2.04 bits per heavy atom. The average Bonchev–Trinajstić information content (AvgIpc) is 2.53. The molecule has 1 N–H and O–H groups in total. The fourth-order valence-corrected chi connectivity index (χ4v) is 2.85. The number of carbonyl (C=O) groups is 4. The Bertz CT molecular complexity index is 917. The topological polar surface area (TPSA) is 80.3 Å². The third-order valence-corrected chi connectivity index (χ3v) is 4.01. The molecule has 24 heavy (non-hydrogen) atoms. The smallest absolute Gasteiger partial charge is 0.231 e. The fraction of sp³-hybridized carbons (Fsp3) is 0.111. The molecule has 2 aromatic carbocycles. The number of ketones is 3. The molecule has 5 nitrogen and oxygen atoms in total. The minimum Gasteiger partial charge on any atom is -0.324 e. The van der Waals surface area contributed by atoms with Gasteiger partial charge >= 0.3 is 0 Å². The highest BCUT2D eigenvalue weighted by atomic mass is 35.5. The van der Waals surface area contributed by atoms with E-state index >= 15 is 0 Å². The summed E-state index contributed by atoms with van der Waals surface area (Å²) in [5, 5.41) is 2.63. The quantitative estimate of drug-likeness (QED) is 0.742. The van der Waals surface area contributed by atoms with Crippen LogP contribution in [0, 0.1) is 0 Å². The second-order valence-corrected chi connectivity index (χ2v) is 5.92. The number of amides is 1. The van der Waals surface area contributed by atoms with Crippen LogP contribution in [0.25, 0.3) is 0 Å². The van der Waals surface area contributed by atoms with E-state index in [1.54, 1.807) is 24.3 Å². The van der Waals surface area contributed by atoms with E-state index in [1.165, 1.54) is 19.1 Å². The molecule has 0 fully saturated rings. The second-order valence-electron chi connectivity index (χ2n) is 5.51. The molecule has 0 bridgehead atoms. The largest absolute Gasteiger partial charge is 0.324 e. The predicted molar refractivity (Wildman–Crippen MR) is 88.7 cm³/mol. The van der Waals surface area contributed by atoms with Gasteiger partial charge in [0.15, 0.2) is 11.6 Å². The van der Waals surface area contributed by atoms with Crippen molar-refractivity contribution in [2.75, 3.05) is 5.32 Å². The van der Waals surface area contributed by atoms with E-state index in [1.807, 2.05) is 0 Å². The number of carbonyl (C=O) groups excluding carboxylic acids is 4. The van der Waals surface area contributed by atoms with E-state index in [2.05, 4.69) is 5.32 Å². The molecule has 3 rings (SSSR count). The van der Waals surface area contributed by atoms with E-state index in [0.29, 0.717) is 11.1 Å². The molecule has 1 aliphatic carbocycles. The molecule has 120 valence electrons. The van der Waals surface area contributed by atoms with E-state index in [4.69, 9.17) is 11.6 Å². The van der Waals surface area contributed by atoms with Gasteiger partial charge in [-0.05, 0) is 19.1 Å². The number of rotatable bonds is 3. The summed E-state index contributed by atoms with van der Waals surface area (Å²) in [5.41, 5.74) is 1.23. The maximum atomic E-state index is 12.6. The van der Waals surface area contributed by atoms with Crippen LogP contribution < -0.4 is 5.32 Å². The minimum atomic E-state index is -0.528. The lowest BCUT2D eigenvalue weighted by molar-refractivity contribution is -0.124. The summed E-state index contributed by atoms with van der Waals surface area (Å²) in [4.78, 5) is 47.9. The van der Waals surface area contributed by atoms with Gasteiger partial charge in [0, 0.05) is 22.3 Å². The summed E-state index contributed by atoms with van der Waals surface area (Å²) in [6, 6.07) is 9.30. The van der Waals surface area contributed by atoms with Crippen LogP contribution in [0.1, 0.15) is 45.2 Å². The lowest BCUT2D eigenvalue weighted by Gasteiger charge is -2.19. The molecule has 0 spiro atoms. The number of Topliss-reactive ketones (excluding diaryl/α,β-unsaturated/α-hetero) is 1. The van der Waals surface area contributed by atoms with Crippen molar-refractivity contribution in [2.45, 2.75) is 13.3 Å². The highest BCUT2D eigenvalue weighted by Gasteiger charge is 2.30. The summed E-state index contributed by atoms with van der Waals surface area (Å²) in [5.74, 6) is -1.41. The van der Waals surface area contributed by atoms with Crippen molar-refractivity contribution >= 4 is 40.5 Å². The van der Waals surface area contributed by atoms with Crippen molar-refractivity contribution in [1.29, 1.82) is 0 Å². The average molecular weight is 342 g/mol. The SMILES string of the molecule is CC(=O)CC(=O)Nc1cc2c(cc1Cl)C(=O)c1ccccc1C2=O. The number of anilines is 1. The maximum Gasteiger partial charge on any atom is 0.231 e. The summed E-state index contributed by atoms with van der Waals surface area (Å²) >= 11 is 6.12. The van der Waals surface area contributed by atoms with E-state index in [-0.39, 0.29) is 45.6 Å². The fourth-order valence-electron chi connectivity index (χ4n) is 2.63. The molecular formula is C18H12ClNO4.